The zero-order valence-electron chi connectivity index (χ0n) is 13.1. The van der Waals surface area contributed by atoms with E-state index in [9.17, 15) is 0 Å². The Balaban J connectivity index is 1.90. The van der Waals surface area contributed by atoms with Crippen molar-refractivity contribution >= 4 is 5.82 Å². The molecule has 0 aromatic carbocycles. The van der Waals surface area contributed by atoms with Gasteiger partial charge in [-0.2, -0.15) is 0 Å². The first-order valence-corrected chi connectivity index (χ1v) is 7.58. The van der Waals surface area contributed by atoms with Gasteiger partial charge in [-0.15, -0.1) is 0 Å². The van der Waals surface area contributed by atoms with Crippen LogP contribution in [0.15, 0.2) is 18.3 Å². The molecule has 4 heteroatoms. The predicted octanol–water partition coefficient (Wildman–Crippen LogP) is 2.44. The molecule has 4 nitrogen and oxygen atoms in total. The fourth-order valence-corrected chi connectivity index (χ4v) is 2.63. The van der Waals surface area contributed by atoms with Gasteiger partial charge in [0.05, 0.1) is 12.1 Å². The summed E-state index contributed by atoms with van der Waals surface area (Å²) in [6.07, 6.45) is 3.34. The van der Waals surface area contributed by atoms with Crippen molar-refractivity contribution in [2.24, 2.45) is 5.92 Å². The molecule has 2 atom stereocenters. The Morgan fingerprint density at radius 2 is 2.25 bits per heavy atom. The molecule has 0 aliphatic carbocycles. The third-order valence-corrected chi connectivity index (χ3v) is 3.89. The van der Waals surface area contributed by atoms with Crippen LogP contribution < -0.4 is 10.2 Å². The van der Waals surface area contributed by atoms with Crippen molar-refractivity contribution in [1.29, 1.82) is 0 Å². The summed E-state index contributed by atoms with van der Waals surface area (Å²) in [5.41, 5.74) is 1.23. The van der Waals surface area contributed by atoms with Crippen LogP contribution in [0.2, 0.25) is 0 Å². The second-order valence-corrected chi connectivity index (χ2v) is 6.09. The Kier molecular flexibility index (Phi) is 5.38. The minimum Gasteiger partial charge on any atom is -0.376 e. The standard InChI is InChI=1S/C16H27N3O/c1-12(2)9-17-10-14-5-6-16(18-11-14)19(4)15-7-8-20-13(15)3/h5-6,11-13,15,17H,7-10H2,1-4H3. The lowest BCUT2D eigenvalue weighted by Gasteiger charge is -2.27. The molecule has 112 valence electrons. The van der Waals surface area contributed by atoms with E-state index >= 15 is 0 Å². The number of ether oxygens (including phenoxy) is 1. The van der Waals surface area contributed by atoms with Crippen molar-refractivity contribution in [2.45, 2.75) is 45.9 Å². The Morgan fingerprint density at radius 3 is 2.80 bits per heavy atom. The molecule has 1 saturated heterocycles. The SMILES string of the molecule is CC(C)CNCc1ccc(N(C)C2CCOC2C)nc1. The maximum Gasteiger partial charge on any atom is 0.128 e. The van der Waals surface area contributed by atoms with Gasteiger partial charge >= 0.3 is 0 Å². The Hall–Kier alpha value is -1.13. The smallest absolute Gasteiger partial charge is 0.128 e. The number of likely N-dealkylation sites (N-methyl/N-ethyl adjacent to an activating group) is 1. The van der Waals surface area contributed by atoms with Crippen LogP contribution >= 0.6 is 0 Å². The lowest BCUT2D eigenvalue weighted by Crippen LogP contribution is -2.37. The van der Waals surface area contributed by atoms with E-state index in [1.54, 1.807) is 0 Å². The van der Waals surface area contributed by atoms with Gasteiger partial charge in [-0.05, 0) is 37.4 Å². The van der Waals surface area contributed by atoms with Crippen LogP contribution in [0, 0.1) is 5.92 Å². The van der Waals surface area contributed by atoms with Gasteiger partial charge in [0.2, 0.25) is 0 Å². The van der Waals surface area contributed by atoms with E-state index in [-0.39, 0.29) is 6.10 Å². The fourth-order valence-electron chi connectivity index (χ4n) is 2.63. The average molecular weight is 277 g/mol. The van der Waals surface area contributed by atoms with Crippen molar-refractivity contribution < 1.29 is 4.74 Å². The summed E-state index contributed by atoms with van der Waals surface area (Å²) in [6.45, 7) is 9.35. The fraction of sp³-hybridized carbons (Fsp3) is 0.688. The van der Waals surface area contributed by atoms with Crippen molar-refractivity contribution in [3.63, 3.8) is 0 Å². The second-order valence-electron chi connectivity index (χ2n) is 6.09. The molecule has 2 heterocycles. The molecule has 1 aliphatic heterocycles. The van der Waals surface area contributed by atoms with Gasteiger partial charge in [0.25, 0.3) is 0 Å². The summed E-state index contributed by atoms with van der Waals surface area (Å²) in [5, 5.41) is 3.44. The Bertz CT molecular complexity index is 405. The number of nitrogens with one attached hydrogen (secondary N) is 1. The zero-order chi connectivity index (χ0) is 14.5. The topological polar surface area (TPSA) is 37.4 Å². The molecule has 0 saturated carbocycles. The summed E-state index contributed by atoms with van der Waals surface area (Å²) >= 11 is 0. The van der Waals surface area contributed by atoms with Crippen molar-refractivity contribution in [2.75, 3.05) is 25.1 Å². The van der Waals surface area contributed by atoms with E-state index in [1.807, 2.05) is 6.20 Å². The minimum absolute atomic E-state index is 0.286. The molecule has 1 aliphatic rings. The summed E-state index contributed by atoms with van der Waals surface area (Å²) < 4.78 is 5.63. The monoisotopic (exact) mass is 277 g/mol. The van der Waals surface area contributed by atoms with Crippen LogP contribution in [0.25, 0.3) is 0 Å². The van der Waals surface area contributed by atoms with E-state index in [2.05, 4.69) is 55.2 Å². The first-order valence-electron chi connectivity index (χ1n) is 7.58. The zero-order valence-corrected chi connectivity index (χ0v) is 13.1. The number of hydrogen-bond acceptors (Lipinski definition) is 4. The van der Waals surface area contributed by atoms with Gasteiger partial charge in [0.1, 0.15) is 5.82 Å². The molecule has 1 fully saturated rings. The van der Waals surface area contributed by atoms with Crippen molar-refractivity contribution in [1.82, 2.24) is 10.3 Å². The van der Waals surface area contributed by atoms with Gasteiger partial charge in [-0.1, -0.05) is 19.9 Å². The molecule has 2 unspecified atom stereocenters. The van der Waals surface area contributed by atoms with Crippen LogP contribution in [0.5, 0.6) is 0 Å². The van der Waals surface area contributed by atoms with Crippen LogP contribution in [-0.2, 0) is 11.3 Å². The van der Waals surface area contributed by atoms with Crippen LogP contribution in [0.4, 0.5) is 5.82 Å². The first kappa shape index (κ1) is 15.3. The molecule has 20 heavy (non-hydrogen) atoms. The summed E-state index contributed by atoms with van der Waals surface area (Å²) in [7, 11) is 2.11. The van der Waals surface area contributed by atoms with E-state index < -0.39 is 0 Å². The van der Waals surface area contributed by atoms with Crippen LogP contribution in [0.3, 0.4) is 0 Å². The number of aromatic nitrogens is 1. The van der Waals surface area contributed by atoms with E-state index in [0.717, 1.165) is 31.9 Å². The van der Waals surface area contributed by atoms with Gasteiger partial charge < -0.3 is 15.0 Å². The molecule has 0 amide bonds. The lowest BCUT2D eigenvalue weighted by molar-refractivity contribution is 0.118. The molecular weight excluding hydrogens is 250 g/mol. The van der Waals surface area contributed by atoms with Gasteiger partial charge in [0, 0.05) is 26.4 Å². The number of hydrogen-bond donors (Lipinski definition) is 1. The van der Waals surface area contributed by atoms with E-state index in [4.69, 9.17) is 4.74 Å². The lowest BCUT2D eigenvalue weighted by atomic mass is 10.1. The summed E-state index contributed by atoms with van der Waals surface area (Å²) in [5.74, 6) is 1.71. The average Bonchev–Trinajstić information content (AvgIpc) is 2.84. The molecular formula is C16H27N3O. The summed E-state index contributed by atoms with van der Waals surface area (Å²) in [6, 6.07) is 4.71. The Morgan fingerprint density at radius 1 is 1.45 bits per heavy atom. The normalized spacial score (nSPS) is 22.4. The highest BCUT2D eigenvalue weighted by atomic mass is 16.5. The number of pyridine rings is 1. The number of rotatable bonds is 6. The van der Waals surface area contributed by atoms with Crippen molar-refractivity contribution in [3.05, 3.63) is 23.9 Å². The maximum absolute atomic E-state index is 5.63. The number of nitrogens with zero attached hydrogens (tertiary/aromatic N) is 2. The van der Waals surface area contributed by atoms with Crippen LogP contribution in [0.1, 0.15) is 32.8 Å². The summed E-state index contributed by atoms with van der Waals surface area (Å²) in [4.78, 5) is 6.82. The predicted molar refractivity (Wildman–Crippen MR) is 83.0 cm³/mol. The molecule has 0 radical (unpaired) electrons. The van der Waals surface area contributed by atoms with Crippen LogP contribution in [-0.4, -0.2) is 37.3 Å². The molecule has 2 rings (SSSR count). The second kappa shape index (κ2) is 7.04. The quantitative estimate of drug-likeness (QED) is 0.866. The molecule has 1 aromatic heterocycles. The maximum atomic E-state index is 5.63. The highest BCUT2D eigenvalue weighted by Crippen LogP contribution is 2.22. The minimum atomic E-state index is 0.286. The molecule has 1 aromatic rings. The highest BCUT2D eigenvalue weighted by Gasteiger charge is 2.28. The van der Waals surface area contributed by atoms with E-state index in [1.165, 1.54) is 5.56 Å². The van der Waals surface area contributed by atoms with Crippen molar-refractivity contribution in [3.8, 4) is 0 Å². The molecule has 0 bridgehead atoms. The molecule has 0 spiro atoms. The third-order valence-electron chi connectivity index (χ3n) is 3.89. The largest absolute Gasteiger partial charge is 0.376 e. The molecule has 1 N–H and O–H groups in total. The first-order chi connectivity index (χ1) is 9.58. The third kappa shape index (κ3) is 3.93. The van der Waals surface area contributed by atoms with Gasteiger partial charge in [-0.3, -0.25) is 0 Å². The Labute approximate surface area is 122 Å². The van der Waals surface area contributed by atoms with Gasteiger partial charge in [-0.25, -0.2) is 4.98 Å². The number of anilines is 1. The van der Waals surface area contributed by atoms with Gasteiger partial charge in [0.15, 0.2) is 0 Å². The van der Waals surface area contributed by atoms with E-state index in [0.29, 0.717) is 12.0 Å². The highest BCUT2D eigenvalue weighted by molar-refractivity contribution is 5.40.